The van der Waals surface area contributed by atoms with Crippen LogP contribution in [0.1, 0.15) is 45.4 Å². The van der Waals surface area contributed by atoms with Gasteiger partial charge in [-0.15, -0.1) is 0 Å². The molecule has 0 spiro atoms. The molecule has 1 fully saturated rings. The first-order valence-corrected chi connectivity index (χ1v) is 6.86. The number of hydrogen-bond acceptors (Lipinski definition) is 3. The molecule has 0 atom stereocenters. The highest BCUT2D eigenvalue weighted by Crippen LogP contribution is 2.23. The zero-order valence-corrected chi connectivity index (χ0v) is 11.0. The van der Waals surface area contributed by atoms with Gasteiger partial charge in [0.05, 0.1) is 13.0 Å². The van der Waals surface area contributed by atoms with E-state index >= 15 is 0 Å². The largest absolute Gasteiger partial charge is 0.381 e. The summed E-state index contributed by atoms with van der Waals surface area (Å²) in [5.41, 5.74) is 5.59. The monoisotopic (exact) mass is 242 g/mol. The number of nitrogens with zero attached hydrogens (tertiary/aromatic N) is 1. The van der Waals surface area contributed by atoms with Crippen LogP contribution < -0.4 is 5.73 Å². The molecule has 100 valence electrons. The van der Waals surface area contributed by atoms with Gasteiger partial charge in [-0.25, -0.2) is 0 Å². The first-order valence-electron chi connectivity index (χ1n) is 6.86. The van der Waals surface area contributed by atoms with Crippen molar-refractivity contribution < 1.29 is 9.53 Å². The predicted octanol–water partition coefficient (Wildman–Crippen LogP) is 1.53. The number of rotatable bonds is 8. The summed E-state index contributed by atoms with van der Waals surface area (Å²) in [5.74, 6) is 0.207. The molecule has 0 aromatic rings. The number of carbonyl (C=O) groups is 1. The van der Waals surface area contributed by atoms with Gasteiger partial charge >= 0.3 is 0 Å². The minimum atomic E-state index is 0.207. The Morgan fingerprint density at radius 1 is 1.35 bits per heavy atom. The van der Waals surface area contributed by atoms with Crippen molar-refractivity contribution in [3.63, 3.8) is 0 Å². The summed E-state index contributed by atoms with van der Waals surface area (Å²) in [4.78, 5) is 14.0. The van der Waals surface area contributed by atoms with Crippen molar-refractivity contribution in [1.29, 1.82) is 0 Å². The van der Waals surface area contributed by atoms with E-state index in [0.717, 1.165) is 25.9 Å². The zero-order valence-electron chi connectivity index (χ0n) is 11.0. The zero-order chi connectivity index (χ0) is 12.5. The molecule has 0 unspecified atom stereocenters. The van der Waals surface area contributed by atoms with Crippen LogP contribution in [0.4, 0.5) is 0 Å². The van der Waals surface area contributed by atoms with Gasteiger partial charge in [-0.3, -0.25) is 4.79 Å². The van der Waals surface area contributed by atoms with Gasteiger partial charge in [0.2, 0.25) is 5.91 Å². The molecule has 2 N–H and O–H groups in total. The van der Waals surface area contributed by atoms with Crippen molar-refractivity contribution in [3.05, 3.63) is 0 Å². The van der Waals surface area contributed by atoms with Crippen LogP contribution in [0.5, 0.6) is 0 Å². The van der Waals surface area contributed by atoms with Crippen molar-refractivity contribution >= 4 is 5.91 Å². The standard InChI is InChI=1S/C13H26N2O2/c1-2-10-17-11-7-13(16)15(9-8-14)12-5-3-4-6-12/h12H,2-11,14H2,1H3. The molecule has 17 heavy (non-hydrogen) atoms. The van der Waals surface area contributed by atoms with Gasteiger partial charge in [0.1, 0.15) is 0 Å². The van der Waals surface area contributed by atoms with Crippen LogP contribution in [0, 0.1) is 0 Å². The Bertz CT molecular complexity index is 215. The maximum absolute atomic E-state index is 12.1. The molecule has 0 saturated heterocycles. The summed E-state index contributed by atoms with van der Waals surface area (Å²) in [6.45, 7) is 4.60. The molecule has 4 heteroatoms. The summed E-state index contributed by atoms with van der Waals surface area (Å²) in [6, 6.07) is 0.428. The molecule has 1 rings (SSSR count). The molecular formula is C13H26N2O2. The van der Waals surface area contributed by atoms with Crippen LogP contribution in [0.15, 0.2) is 0 Å². The molecule has 1 saturated carbocycles. The lowest BCUT2D eigenvalue weighted by molar-refractivity contribution is -0.134. The molecule has 0 radical (unpaired) electrons. The van der Waals surface area contributed by atoms with Crippen molar-refractivity contribution in [3.8, 4) is 0 Å². The quantitative estimate of drug-likeness (QED) is 0.657. The maximum Gasteiger partial charge on any atom is 0.225 e. The normalized spacial score (nSPS) is 16.4. The number of carbonyl (C=O) groups excluding carboxylic acids is 1. The SMILES string of the molecule is CCCOCCC(=O)N(CCN)C1CCCC1. The number of nitrogens with two attached hydrogens (primary N) is 1. The molecule has 0 aromatic heterocycles. The minimum absolute atomic E-state index is 0.207. The highest BCUT2D eigenvalue weighted by Gasteiger charge is 2.25. The Labute approximate surface area is 104 Å². The second kappa shape index (κ2) is 8.48. The van der Waals surface area contributed by atoms with Crippen LogP contribution in [-0.4, -0.2) is 43.2 Å². The first-order chi connectivity index (χ1) is 8.29. The summed E-state index contributed by atoms with van der Waals surface area (Å²) in [5, 5.41) is 0. The first kappa shape index (κ1) is 14.5. The van der Waals surface area contributed by atoms with E-state index in [9.17, 15) is 4.79 Å². The molecule has 1 aliphatic carbocycles. The smallest absolute Gasteiger partial charge is 0.225 e. The molecule has 0 bridgehead atoms. The van der Waals surface area contributed by atoms with Crippen LogP contribution >= 0.6 is 0 Å². The highest BCUT2D eigenvalue weighted by atomic mass is 16.5. The van der Waals surface area contributed by atoms with E-state index in [0.29, 0.717) is 32.2 Å². The number of ether oxygens (including phenoxy) is 1. The molecular weight excluding hydrogens is 216 g/mol. The average molecular weight is 242 g/mol. The summed E-state index contributed by atoms with van der Waals surface area (Å²) >= 11 is 0. The van der Waals surface area contributed by atoms with Crippen LogP contribution in [0.25, 0.3) is 0 Å². The second-order valence-corrected chi connectivity index (χ2v) is 4.68. The van der Waals surface area contributed by atoms with Gasteiger partial charge < -0.3 is 15.4 Å². The summed E-state index contributed by atoms with van der Waals surface area (Å²) in [6.07, 6.45) is 6.26. The van der Waals surface area contributed by atoms with Crippen molar-refractivity contribution in [1.82, 2.24) is 4.90 Å². The van der Waals surface area contributed by atoms with Crippen molar-refractivity contribution in [2.45, 2.75) is 51.5 Å². The van der Waals surface area contributed by atoms with Gasteiger partial charge in [-0.1, -0.05) is 19.8 Å². The van der Waals surface area contributed by atoms with E-state index in [4.69, 9.17) is 10.5 Å². The van der Waals surface area contributed by atoms with Crippen LogP contribution in [0.3, 0.4) is 0 Å². The van der Waals surface area contributed by atoms with Crippen molar-refractivity contribution in [2.75, 3.05) is 26.3 Å². The van der Waals surface area contributed by atoms with Crippen LogP contribution in [0.2, 0.25) is 0 Å². The Morgan fingerprint density at radius 2 is 2.06 bits per heavy atom. The van der Waals surface area contributed by atoms with E-state index < -0.39 is 0 Å². The molecule has 0 aliphatic heterocycles. The molecule has 4 nitrogen and oxygen atoms in total. The van der Waals surface area contributed by atoms with E-state index in [2.05, 4.69) is 6.92 Å². The van der Waals surface area contributed by atoms with E-state index in [1.165, 1.54) is 12.8 Å². The second-order valence-electron chi connectivity index (χ2n) is 4.68. The molecule has 1 aliphatic rings. The van der Waals surface area contributed by atoms with E-state index in [1.807, 2.05) is 4.90 Å². The topological polar surface area (TPSA) is 55.6 Å². The Hall–Kier alpha value is -0.610. The Morgan fingerprint density at radius 3 is 2.65 bits per heavy atom. The van der Waals surface area contributed by atoms with Gasteiger partial charge in [-0.05, 0) is 19.3 Å². The average Bonchev–Trinajstić information content (AvgIpc) is 2.85. The number of hydrogen-bond donors (Lipinski definition) is 1. The number of amides is 1. The fraction of sp³-hybridized carbons (Fsp3) is 0.923. The Kier molecular flexibility index (Phi) is 7.21. The summed E-state index contributed by atoms with van der Waals surface area (Å²) in [7, 11) is 0. The summed E-state index contributed by atoms with van der Waals surface area (Å²) < 4.78 is 5.37. The predicted molar refractivity (Wildman–Crippen MR) is 68.8 cm³/mol. The fourth-order valence-electron chi connectivity index (χ4n) is 2.42. The van der Waals surface area contributed by atoms with Gasteiger partial charge in [0, 0.05) is 25.7 Å². The third-order valence-corrected chi connectivity index (χ3v) is 3.26. The minimum Gasteiger partial charge on any atom is -0.381 e. The van der Waals surface area contributed by atoms with Gasteiger partial charge in [0.25, 0.3) is 0 Å². The van der Waals surface area contributed by atoms with Gasteiger partial charge in [0.15, 0.2) is 0 Å². The third-order valence-electron chi connectivity index (χ3n) is 3.26. The molecule has 0 heterocycles. The van der Waals surface area contributed by atoms with Crippen LogP contribution in [-0.2, 0) is 9.53 Å². The lowest BCUT2D eigenvalue weighted by atomic mass is 10.2. The third kappa shape index (κ3) is 5.04. The molecule has 1 amide bonds. The Balaban J connectivity index is 2.32. The maximum atomic E-state index is 12.1. The lowest BCUT2D eigenvalue weighted by Crippen LogP contribution is -2.42. The fourth-order valence-corrected chi connectivity index (χ4v) is 2.42. The van der Waals surface area contributed by atoms with E-state index in [-0.39, 0.29) is 5.91 Å². The van der Waals surface area contributed by atoms with Gasteiger partial charge in [-0.2, -0.15) is 0 Å². The van der Waals surface area contributed by atoms with E-state index in [1.54, 1.807) is 0 Å². The molecule has 0 aromatic carbocycles. The van der Waals surface area contributed by atoms with Crippen molar-refractivity contribution in [2.24, 2.45) is 5.73 Å². The lowest BCUT2D eigenvalue weighted by Gasteiger charge is -2.28. The highest BCUT2D eigenvalue weighted by molar-refractivity contribution is 5.76.